The normalized spacial score (nSPS) is 9.69. The Morgan fingerprint density at radius 1 is 1.38 bits per heavy atom. The van der Waals surface area contributed by atoms with Gasteiger partial charge < -0.3 is 20.9 Å². The molecule has 1 amide bonds. The molecule has 1 aromatic rings. The average molecular weight is 181 g/mol. The molecular weight excluding hydrogens is 173 g/mol. The molecule has 0 aliphatic rings. The molecule has 0 saturated heterocycles. The summed E-state index contributed by atoms with van der Waals surface area (Å²) < 4.78 is 0. The molecule has 5 nitrogen and oxygen atoms in total. The highest BCUT2D eigenvalue weighted by Crippen LogP contribution is 2.07. The summed E-state index contributed by atoms with van der Waals surface area (Å²) in [5.41, 5.74) is 4.92. The Bertz CT molecular complexity index is 339. The van der Waals surface area contributed by atoms with Crippen molar-refractivity contribution < 1.29 is 19.9 Å². The third-order valence-corrected chi connectivity index (χ3v) is 1.59. The van der Waals surface area contributed by atoms with Crippen LogP contribution in [0.4, 0.5) is 0 Å². The van der Waals surface area contributed by atoms with Crippen molar-refractivity contribution in [1.82, 2.24) is 0 Å². The largest absolute Gasteiger partial charge is 0.508 e. The minimum absolute atomic E-state index is 0.112. The quantitative estimate of drug-likeness (QED) is 0.403. The van der Waals surface area contributed by atoms with E-state index in [9.17, 15) is 4.79 Å². The number of primary amides is 1. The highest BCUT2D eigenvalue weighted by atomic mass is 16.4. The number of carbonyl (C=O) groups is 1. The number of nitrogens with two attached hydrogens (primary N) is 1. The monoisotopic (exact) mass is 181 g/mol. The summed E-state index contributed by atoms with van der Waals surface area (Å²) in [4.78, 5) is 10.7. The molecule has 0 fully saturated rings. The Morgan fingerprint density at radius 3 is 2.46 bits per heavy atom. The van der Waals surface area contributed by atoms with E-state index in [1.54, 1.807) is 0 Å². The van der Waals surface area contributed by atoms with Gasteiger partial charge in [0.25, 0.3) is 0 Å². The summed E-state index contributed by atoms with van der Waals surface area (Å²) in [5, 5.41) is 26.6. The van der Waals surface area contributed by atoms with Gasteiger partial charge in [-0.25, -0.2) is 0 Å². The molecular formula is C7H8BNO4. The van der Waals surface area contributed by atoms with Crippen LogP contribution in [0, 0.1) is 0 Å². The van der Waals surface area contributed by atoms with E-state index in [4.69, 9.17) is 20.9 Å². The van der Waals surface area contributed by atoms with E-state index in [2.05, 4.69) is 0 Å². The van der Waals surface area contributed by atoms with Crippen LogP contribution in [-0.2, 0) is 0 Å². The van der Waals surface area contributed by atoms with Crippen LogP contribution in [0.3, 0.4) is 0 Å². The summed E-state index contributed by atoms with van der Waals surface area (Å²) in [6.07, 6.45) is 0. The fourth-order valence-corrected chi connectivity index (χ4v) is 0.915. The predicted octanol–water partition coefficient (Wildman–Crippen LogP) is -1.83. The smallest absolute Gasteiger partial charge is 0.492 e. The van der Waals surface area contributed by atoms with Gasteiger partial charge in [-0.05, 0) is 18.2 Å². The number of benzene rings is 1. The van der Waals surface area contributed by atoms with Crippen LogP contribution in [0.2, 0.25) is 0 Å². The van der Waals surface area contributed by atoms with Crippen molar-refractivity contribution in [3.05, 3.63) is 23.8 Å². The zero-order chi connectivity index (χ0) is 10.0. The maximum Gasteiger partial charge on any atom is 0.492 e. The highest BCUT2D eigenvalue weighted by Gasteiger charge is 2.17. The zero-order valence-corrected chi connectivity index (χ0v) is 6.64. The van der Waals surface area contributed by atoms with Gasteiger partial charge >= 0.3 is 7.12 Å². The first-order valence-corrected chi connectivity index (χ1v) is 3.51. The number of rotatable bonds is 2. The maximum absolute atomic E-state index is 10.7. The van der Waals surface area contributed by atoms with Crippen LogP contribution < -0.4 is 11.2 Å². The Morgan fingerprint density at radius 2 is 2.00 bits per heavy atom. The molecule has 68 valence electrons. The number of hydrogen-bond donors (Lipinski definition) is 4. The van der Waals surface area contributed by atoms with Gasteiger partial charge in [0.2, 0.25) is 5.91 Å². The Balaban J connectivity index is 3.19. The Kier molecular flexibility index (Phi) is 2.55. The molecule has 6 heteroatoms. The molecule has 0 bridgehead atoms. The fourth-order valence-electron chi connectivity index (χ4n) is 0.915. The van der Waals surface area contributed by atoms with Crippen molar-refractivity contribution >= 4 is 18.5 Å². The number of phenols is 1. The maximum atomic E-state index is 10.7. The SMILES string of the molecule is NC(=O)c1ccc(O)c(B(O)O)c1. The van der Waals surface area contributed by atoms with Crippen LogP contribution in [0.15, 0.2) is 18.2 Å². The van der Waals surface area contributed by atoms with Gasteiger partial charge in [-0.15, -0.1) is 0 Å². The van der Waals surface area contributed by atoms with Gasteiger partial charge in [0.1, 0.15) is 5.75 Å². The topological polar surface area (TPSA) is 104 Å². The Hall–Kier alpha value is -1.53. The lowest BCUT2D eigenvalue weighted by Crippen LogP contribution is -2.31. The second-order valence-corrected chi connectivity index (χ2v) is 2.51. The lowest BCUT2D eigenvalue weighted by atomic mass is 9.79. The van der Waals surface area contributed by atoms with Gasteiger partial charge in [-0.3, -0.25) is 4.79 Å². The molecule has 0 saturated carbocycles. The number of carbonyl (C=O) groups excluding carboxylic acids is 1. The van der Waals surface area contributed by atoms with E-state index in [1.807, 2.05) is 0 Å². The van der Waals surface area contributed by atoms with Gasteiger partial charge in [-0.2, -0.15) is 0 Å². The average Bonchev–Trinajstić information content (AvgIpc) is 2.04. The number of hydrogen-bond acceptors (Lipinski definition) is 4. The number of phenolic OH excluding ortho intramolecular Hbond substituents is 1. The molecule has 1 rings (SSSR count). The van der Waals surface area contributed by atoms with Gasteiger partial charge in [0.15, 0.2) is 0 Å². The number of aromatic hydroxyl groups is 1. The van der Waals surface area contributed by atoms with E-state index in [-0.39, 0.29) is 16.8 Å². The molecule has 0 aliphatic heterocycles. The molecule has 5 N–H and O–H groups in total. The van der Waals surface area contributed by atoms with E-state index < -0.39 is 13.0 Å². The van der Waals surface area contributed by atoms with E-state index in [0.717, 1.165) is 6.07 Å². The summed E-state index contributed by atoms with van der Waals surface area (Å²) >= 11 is 0. The van der Waals surface area contributed by atoms with Gasteiger partial charge in [0.05, 0.1) is 0 Å². The zero-order valence-electron chi connectivity index (χ0n) is 6.64. The van der Waals surface area contributed by atoms with E-state index in [1.165, 1.54) is 12.1 Å². The van der Waals surface area contributed by atoms with Crippen molar-refractivity contribution in [2.24, 2.45) is 5.73 Å². The first-order valence-electron chi connectivity index (χ1n) is 3.51. The van der Waals surface area contributed by atoms with E-state index in [0.29, 0.717) is 0 Å². The summed E-state index contributed by atoms with van der Waals surface area (Å²) in [7, 11) is -1.82. The minimum atomic E-state index is -1.82. The van der Waals surface area contributed by atoms with Crippen molar-refractivity contribution in [3.8, 4) is 5.75 Å². The van der Waals surface area contributed by atoms with Crippen molar-refractivity contribution in [3.63, 3.8) is 0 Å². The van der Waals surface area contributed by atoms with Crippen molar-refractivity contribution in [2.75, 3.05) is 0 Å². The lowest BCUT2D eigenvalue weighted by molar-refractivity contribution is 0.100. The fraction of sp³-hybridized carbons (Fsp3) is 0. The summed E-state index contributed by atoms with van der Waals surface area (Å²) in [5.74, 6) is -0.984. The summed E-state index contributed by atoms with van der Waals surface area (Å²) in [6.45, 7) is 0. The highest BCUT2D eigenvalue weighted by molar-refractivity contribution is 6.59. The molecule has 1 aromatic carbocycles. The molecule has 0 aliphatic carbocycles. The number of amides is 1. The van der Waals surface area contributed by atoms with Crippen molar-refractivity contribution in [1.29, 1.82) is 0 Å². The van der Waals surface area contributed by atoms with Crippen LogP contribution >= 0.6 is 0 Å². The molecule has 0 heterocycles. The molecule has 0 unspecified atom stereocenters. The van der Waals surface area contributed by atoms with Crippen LogP contribution in [0.5, 0.6) is 5.75 Å². The predicted molar refractivity (Wildman–Crippen MR) is 46.5 cm³/mol. The van der Waals surface area contributed by atoms with Crippen molar-refractivity contribution in [2.45, 2.75) is 0 Å². The standard InChI is InChI=1S/C7H8BNO4/c9-7(11)4-1-2-6(10)5(3-4)8(12)13/h1-3,10,12-13H,(H2,9,11). The third-order valence-electron chi connectivity index (χ3n) is 1.59. The Labute approximate surface area is 74.6 Å². The second-order valence-electron chi connectivity index (χ2n) is 2.51. The van der Waals surface area contributed by atoms with Gasteiger partial charge in [-0.1, -0.05) is 0 Å². The lowest BCUT2D eigenvalue weighted by Gasteiger charge is -2.04. The first kappa shape index (κ1) is 9.56. The summed E-state index contributed by atoms with van der Waals surface area (Å²) in [6, 6.07) is 3.60. The first-order chi connectivity index (χ1) is 6.02. The molecule has 0 spiro atoms. The van der Waals surface area contributed by atoms with Crippen LogP contribution in [0.1, 0.15) is 10.4 Å². The molecule has 0 atom stereocenters. The molecule has 0 radical (unpaired) electrons. The molecule has 13 heavy (non-hydrogen) atoms. The minimum Gasteiger partial charge on any atom is -0.508 e. The molecule has 0 aromatic heterocycles. The van der Waals surface area contributed by atoms with E-state index >= 15 is 0 Å². The third kappa shape index (κ3) is 1.98. The van der Waals surface area contributed by atoms with Crippen LogP contribution in [0.25, 0.3) is 0 Å². The van der Waals surface area contributed by atoms with Gasteiger partial charge in [0, 0.05) is 11.0 Å². The van der Waals surface area contributed by atoms with Crippen LogP contribution in [-0.4, -0.2) is 28.2 Å². The second kappa shape index (κ2) is 3.46.